The first-order valence-electron chi connectivity index (χ1n) is 4.45. The second-order valence-electron chi connectivity index (χ2n) is 2.50. The molecule has 0 bridgehead atoms. The van der Waals surface area contributed by atoms with Crippen molar-refractivity contribution in [3.63, 3.8) is 0 Å². The Morgan fingerprint density at radius 3 is 2.50 bits per heavy atom. The van der Waals surface area contributed by atoms with Gasteiger partial charge in [-0.2, -0.15) is 0 Å². The smallest absolute Gasteiger partial charge is 0.409 e. The molecule has 1 rings (SSSR count). The molecule has 0 aliphatic carbocycles. The van der Waals surface area contributed by atoms with E-state index in [0.29, 0.717) is 11.4 Å². The number of nitrogens with two attached hydrogens (primary N) is 1. The predicted molar refractivity (Wildman–Crippen MR) is 58.6 cm³/mol. The van der Waals surface area contributed by atoms with Gasteiger partial charge in [-0.15, -0.1) is 0 Å². The van der Waals surface area contributed by atoms with Crippen molar-refractivity contribution >= 4 is 17.5 Å². The number of nitrogen functional groups attached to an aromatic ring is 1. The zero-order valence-electron chi connectivity index (χ0n) is 8.66. The van der Waals surface area contributed by atoms with Crippen LogP contribution in [0.1, 0.15) is 19.4 Å². The summed E-state index contributed by atoms with van der Waals surface area (Å²) in [6.07, 6.45) is -1.08. The highest BCUT2D eigenvalue weighted by molar-refractivity contribution is 5.84. The van der Waals surface area contributed by atoms with Gasteiger partial charge in [0.05, 0.1) is 0 Å². The van der Waals surface area contributed by atoms with Crippen molar-refractivity contribution in [1.29, 1.82) is 0 Å². The van der Waals surface area contributed by atoms with E-state index in [1.165, 1.54) is 0 Å². The van der Waals surface area contributed by atoms with Gasteiger partial charge in [0, 0.05) is 11.4 Å². The summed E-state index contributed by atoms with van der Waals surface area (Å²) in [5.41, 5.74) is 7.40. The number of hydrogen-bond acceptors (Lipinski definition) is 2. The topological polar surface area (TPSA) is 75.3 Å². The van der Waals surface area contributed by atoms with Gasteiger partial charge in [0.15, 0.2) is 0 Å². The third-order valence-electron chi connectivity index (χ3n) is 1.50. The van der Waals surface area contributed by atoms with Crippen LogP contribution in [0.15, 0.2) is 18.2 Å². The van der Waals surface area contributed by atoms with Crippen LogP contribution < -0.4 is 11.1 Å². The Morgan fingerprint density at radius 2 is 2.00 bits per heavy atom. The number of hydrogen-bond donors (Lipinski definition) is 3. The standard InChI is InChI=1S/C8H10N2O2.C2H6/c1-5-2-3-6(9)4-7(5)10-8(11)12;1-2/h2-4,10H,9H2,1H3,(H,11,12);1-2H3. The maximum atomic E-state index is 10.3. The molecule has 0 heterocycles. The normalized spacial score (nSPS) is 8.50. The summed E-state index contributed by atoms with van der Waals surface area (Å²) >= 11 is 0. The minimum absolute atomic E-state index is 0.530. The molecular formula is C10H16N2O2. The molecule has 78 valence electrons. The van der Waals surface area contributed by atoms with E-state index in [4.69, 9.17) is 10.8 Å². The summed E-state index contributed by atoms with van der Waals surface area (Å²) in [6, 6.07) is 5.08. The molecule has 4 nitrogen and oxygen atoms in total. The van der Waals surface area contributed by atoms with Crippen LogP contribution in [-0.2, 0) is 0 Å². The number of anilines is 2. The summed E-state index contributed by atoms with van der Waals surface area (Å²) in [6.45, 7) is 5.81. The third kappa shape index (κ3) is 3.80. The molecule has 0 aliphatic heterocycles. The molecule has 4 N–H and O–H groups in total. The first-order chi connectivity index (χ1) is 6.59. The molecule has 0 aromatic heterocycles. The molecule has 14 heavy (non-hydrogen) atoms. The van der Waals surface area contributed by atoms with Crippen LogP contribution in [-0.4, -0.2) is 11.2 Å². The zero-order valence-corrected chi connectivity index (χ0v) is 8.66. The number of nitrogens with one attached hydrogen (secondary N) is 1. The Bertz CT molecular complexity index is 311. The lowest BCUT2D eigenvalue weighted by Gasteiger charge is -2.05. The second kappa shape index (κ2) is 5.85. The Morgan fingerprint density at radius 1 is 1.43 bits per heavy atom. The van der Waals surface area contributed by atoms with Crippen molar-refractivity contribution in [1.82, 2.24) is 0 Å². The minimum Gasteiger partial charge on any atom is -0.465 e. The largest absolute Gasteiger partial charge is 0.465 e. The summed E-state index contributed by atoms with van der Waals surface area (Å²) in [4.78, 5) is 10.3. The van der Waals surface area contributed by atoms with E-state index in [1.807, 2.05) is 20.8 Å². The highest BCUT2D eigenvalue weighted by atomic mass is 16.4. The Kier molecular flexibility index (Phi) is 5.14. The number of aryl methyl sites for hydroxylation is 1. The fraction of sp³-hybridized carbons (Fsp3) is 0.300. The van der Waals surface area contributed by atoms with Crippen molar-refractivity contribution in [2.45, 2.75) is 20.8 Å². The van der Waals surface area contributed by atoms with Gasteiger partial charge in [-0.3, -0.25) is 5.32 Å². The third-order valence-corrected chi connectivity index (χ3v) is 1.50. The molecule has 1 aromatic carbocycles. The van der Waals surface area contributed by atoms with Crippen LogP contribution in [0.3, 0.4) is 0 Å². The number of amides is 1. The maximum absolute atomic E-state index is 10.3. The molecule has 0 saturated carbocycles. The highest BCUT2D eigenvalue weighted by Crippen LogP contribution is 2.17. The lowest BCUT2D eigenvalue weighted by molar-refractivity contribution is 0.209. The quantitative estimate of drug-likeness (QED) is 0.604. The molecule has 0 fully saturated rings. The molecule has 4 heteroatoms. The highest BCUT2D eigenvalue weighted by Gasteiger charge is 2.01. The molecule has 0 spiro atoms. The van der Waals surface area contributed by atoms with Crippen molar-refractivity contribution < 1.29 is 9.90 Å². The fourth-order valence-electron chi connectivity index (χ4n) is 0.889. The average Bonchev–Trinajstić information content (AvgIpc) is 2.14. The van der Waals surface area contributed by atoms with E-state index in [1.54, 1.807) is 18.2 Å². The Balaban J connectivity index is 0.000000791. The lowest BCUT2D eigenvalue weighted by Crippen LogP contribution is -2.08. The van der Waals surface area contributed by atoms with Crippen molar-refractivity contribution in [3.05, 3.63) is 23.8 Å². The predicted octanol–water partition coefficient (Wildman–Crippen LogP) is 2.69. The van der Waals surface area contributed by atoms with Gasteiger partial charge in [-0.05, 0) is 24.6 Å². The molecule has 1 aromatic rings. The molecule has 1 amide bonds. The number of carbonyl (C=O) groups is 1. The minimum atomic E-state index is -1.08. The van der Waals surface area contributed by atoms with Crippen LogP contribution in [0.2, 0.25) is 0 Å². The average molecular weight is 196 g/mol. The second-order valence-corrected chi connectivity index (χ2v) is 2.50. The molecule has 0 aliphatic rings. The van der Waals surface area contributed by atoms with E-state index in [0.717, 1.165) is 5.56 Å². The van der Waals surface area contributed by atoms with E-state index in [-0.39, 0.29) is 0 Å². The number of rotatable bonds is 1. The fourth-order valence-corrected chi connectivity index (χ4v) is 0.889. The Hall–Kier alpha value is -1.71. The van der Waals surface area contributed by atoms with Crippen LogP contribution in [0.5, 0.6) is 0 Å². The van der Waals surface area contributed by atoms with Crippen molar-refractivity contribution in [2.24, 2.45) is 0 Å². The van der Waals surface area contributed by atoms with Crippen LogP contribution in [0, 0.1) is 6.92 Å². The first kappa shape index (κ1) is 12.3. The monoisotopic (exact) mass is 196 g/mol. The number of benzene rings is 1. The van der Waals surface area contributed by atoms with E-state index >= 15 is 0 Å². The van der Waals surface area contributed by atoms with Gasteiger partial charge >= 0.3 is 6.09 Å². The molecule has 0 unspecified atom stereocenters. The first-order valence-corrected chi connectivity index (χ1v) is 4.45. The van der Waals surface area contributed by atoms with E-state index < -0.39 is 6.09 Å². The van der Waals surface area contributed by atoms with Crippen molar-refractivity contribution in [3.8, 4) is 0 Å². The van der Waals surface area contributed by atoms with Gasteiger partial charge in [-0.1, -0.05) is 19.9 Å². The van der Waals surface area contributed by atoms with Crippen LogP contribution >= 0.6 is 0 Å². The summed E-state index contributed by atoms with van der Waals surface area (Å²) in [7, 11) is 0. The van der Waals surface area contributed by atoms with Gasteiger partial charge in [-0.25, -0.2) is 4.79 Å². The van der Waals surface area contributed by atoms with Gasteiger partial charge < -0.3 is 10.8 Å². The maximum Gasteiger partial charge on any atom is 0.409 e. The summed E-state index contributed by atoms with van der Waals surface area (Å²) in [5.74, 6) is 0. The van der Waals surface area contributed by atoms with Gasteiger partial charge in [0.25, 0.3) is 0 Å². The molecule has 0 saturated heterocycles. The van der Waals surface area contributed by atoms with E-state index in [2.05, 4.69) is 5.32 Å². The number of carboxylic acid groups (broad SMARTS) is 1. The lowest BCUT2D eigenvalue weighted by atomic mass is 10.2. The van der Waals surface area contributed by atoms with Crippen molar-refractivity contribution in [2.75, 3.05) is 11.1 Å². The summed E-state index contributed by atoms with van der Waals surface area (Å²) in [5, 5.41) is 10.7. The zero-order chi connectivity index (χ0) is 11.1. The van der Waals surface area contributed by atoms with Gasteiger partial charge in [0.1, 0.15) is 0 Å². The van der Waals surface area contributed by atoms with Crippen LogP contribution in [0.4, 0.5) is 16.2 Å². The van der Waals surface area contributed by atoms with Crippen LogP contribution in [0.25, 0.3) is 0 Å². The molecular weight excluding hydrogens is 180 g/mol. The summed E-state index contributed by atoms with van der Waals surface area (Å²) < 4.78 is 0. The van der Waals surface area contributed by atoms with Gasteiger partial charge in [0.2, 0.25) is 0 Å². The van der Waals surface area contributed by atoms with E-state index in [9.17, 15) is 4.79 Å². The molecule has 0 radical (unpaired) electrons. The Labute approximate surface area is 83.7 Å². The SMILES string of the molecule is CC.Cc1ccc(N)cc1NC(=O)O. The molecule has 0 atom stereocenters.